The van der Waals surface area contributed by atoms with Crippen LogP contribution in [-0.4, -0.2) is 20.7 Å². The molecule has 0 aliphatic heterocycles. The van der Waals surface area contributed by atoms with Crippen LogP contribution in [0.15, 0.2) is 53.6 Å². The molecule has 0 atom stereocenters. The van der Waals surface area contributed by atoms with Crippen LogP contribution >= 0.6 is 0 Å². The van der Waals surface area contributed by atoms with Crippen molar-refractivity contribution in [2.45, 2.75) is 0 Å². The molecule has 0 saturated heterocycles. The predicted molar refractivity (Wildman–Crippen MR) is 79.2 cm³/mol. The molecule has 2 aromatic heterocycles. The minimum Gasteiger partial charge on any atom is -0.319 e. The van der Waals surface area contributed by atoms with Crippen molar-refractivity contribution in [3.05, 3.63) is 64.7 Å². The molecular formula is C15H12N4O2. The summed E-state index contributed by atoms with van der Waals surface area (Å²) in [5.41, 5.74) is 0.671. The fourth-order valence-corrected chi connectivity index (χ4v) is 2.10. The maximum Gasteiger partial charge on any atom is 0.280 e. The van der Waals surface area contributed by atoms with Gasteiger partial charge in [0.05, 0.1) is 17.4 Å². The number of amides is 1. The number of fused-ring (bicyclic) bond motifs is 1. The van der Waals surface area contributed by atoms with E-state index in [0.29, 0.717) is 16.6 Å². The summed E-state index contributed by atoms with van der Waals surface area (Å²) in [6, 6.07) is 10.4. The monoisotopic (exact) mass is 280 g/mol. The van der Waals surface area contributed by atoms with Crippen molar-refractivity contribution in [3.63, 3.8) is 0 Å². The molecule has 0 saturated carbocycles. The molecule has 0 aliphatic carbocycles. The van der Waals surface area contributed by atoms with E-state index in [4.69, 9.17) is 0 Å². The van der Waals surface area contributed by atoms with Gasteiger partial charge in [-0.05, 0) is 24.3 Å². The van der Waals surface area contributed by atoms with E-state index >= 15 is 0 Å². The van der Waals surface area contributed by atoms with E-state index in [1.54, 1.807) is 43.6 Å². The number of hydrogen-bond donors (Lipinski definition) is 1. The van der Waals surface area contributed by atoms with Crippen LogP contribution in [0.5, 0.6) is 0 Å². The molecule has 0 radical (unpaired) electrons. The summed E-state index contributed by atoms with van der Waals surface area (Å²) in [5, 5.41) is 7.15. The van der Waals surface area contributed by atoms with Gasteiger partial charge in [-0.3, -0.25) is 19.3 Å². The number of carbonyl (C=O) groups excluding carboxylic acids is 1. The van der Waals surface area contributed by atoms with Gasteiger partial charge in [-0.15, -0.1) is 0 Å². The Kier molecular flexibility index (Phi) is 3.19. The highest BCUT2D eigenvalue weighted by Crippen LogP contribution is 2.09. The van der Waals surface area contributed by atoms with Gasteiger partial charge in [0.15, 0.2) is 5.69 Å². The lowest BCUT2D eigenvalue weighted by Gasteiger charge is -2.08. The van der Waals surface area contributed by atoms with Crippen LogP contribution in [-0.2, 0) is 7.05 Å². The number of nitrogens with one attached hydrogen (secondary N) is 1. The fraction of sp³-hybridized carbons (Fsp3) is 0.0667. The molecule has 0 bridgehead atoms. The number of hydrogen-bond acceptors (Lipinski definition) is 4. The van der Waals surface area contributed by atoms with Crippen molar-refractivity contribution >= 4 is 22.5 Å². The van der Waals surface area contributed by atoms with E-state index in [-0.39, 0.29) is 11.1 Å². The van der Waals surface area contributed by atoms with E-state index in [1.807, 2.05) is 6.07 Å². The number of aryl methyl sites for hydroxylation is 1. The molecule has 0 unspecified atom stereocenters. The average molecular weight is 280 g/mol. The standard InChI is InChI=1S/C15H12N4O2/c1-19-12-7-3-2-6-11(12)14(20)13(18-19)15(21)17-10-5-4-8-16-9-10/h2-9H,1H3,(H,17,21). The van der Waals surface area contributed by atoms with E-state index in [0.717, 1.165) is 0 Å². The number of aromatic nitrogens is 3. The summed E-state index contributed by atoms with van der Waals surface area (Å²) in [6.45, 7) is 0. The predicted octanol–water partition coefficient (Wildman–Crippen LogP) is 1.58. The normalized spacial score (nSPS) is 10.5. The summed E-state index contributed by atoms with van der Waals surface area (Å²) in [6.07, 6.45) is 3.10. The van der Waals surface area contributed by atoms with Crippen LogP contribution in [0.3, 0.4) is 0 Å². The molecule has 104 valence electrons. The lowest BCUT2D eigenvalue weighted by atomic mass is 10.2. The van der Waals surface area contributed by atoms with E-state index in [1.165, 1.54) is 10.9 Å². The quantitative estimate of drug-likeness (QED) is 0.773. The Morgan fingerprint density at radius 3 is 2.76 bits per heavy atom. The van der Waals surface area contributed by atoms with Crippen LogP contribution in [0, 0.1) is 0 Å². The molecule has 3 rings (SSSR count). The Bertz CT molecular complexity index is 872. The first-order valence-corrected chi connectivity index (χ1v) is 6.34. The fourth-order valence-electron chi connectivity index (χ4n) is 2.10. The van der Waals surface area contributed by atoms with Gasteiger partial charge >= 0.3 is 0 Å². The Hall–Kier alpha value is -3.02. The minimum absolute atomic E-state index is 0.139. The Labute approximate surface area is 120 Å². The zero-order valence-electron chi connectivity index (χ0n) is 11.3. The first-order chi connectivity index (χ1) is 10.2. The van der Waals surface area contributed by atoms with E-state index in [9.17, 15) is 9.59 Å². The smallest absolute Gasteiger partial charge is 0.280 e. The van der Waals surface area contributed by atoms with Gasteiger partial charge < -0.3 is 5.32 Å². The molecule has 1 N–H and O–H groups in total. The maximum atomic E-state index is 12.4. The molecule has 2 heterocycles. The average Bonchev–Trinajstić information content (AvgIpc) is 2.52. The van der Waals surface area contributed by atoms with Crippen LogP contribution in [0.4, 0.5) is 5.69 Å². The number of rotatable bonds is 2. The molecule has 3 aromatic rings. The van der Waals surface area contributed by atoms with Crippen molar-refractivity contribution in [1.82, 2.24) is 14.8 Å². The number of carbonyl (C=O) groups is 1. The number of nitrogens with zero attached hydrogens (tertiary/aromatic N) is 3. The molecule has 6 heteroatoms. The maximum absolute atomic E-state index is 12.4. The molecule has 21 heavy (non-hydrogen) atoms. The van der Waals surface area contributed by atoms with Gasteiger partial charge in [-0.25, -0.2) is 0 Å². The minimum atomic E-state index is -0.547. The van der Waals surface area contributed by atoms with Crippen LogP contribution < -0.4 is 10.7 Å². The first kappa shape index (κ1) is 13.0. The Balaban J connectivity index is 2.07. The van der Waals surface area contributed by atoms with Crippen molar-refractivity contribution in [1.29, 1.82) is 0 Å². The summed E-state index contributed by atoms with van der Waals surface area (Å²) in [7, 11) is 1.70. The third kappa shape index (κ3) is 2.38. The number of anilines is 1. The molecular weight excluding hydrogens is 268 g/mol. The number of benzene rings is 1. The van der Waals surface area contributed by atoms with E-state index in [2.05, 4.69) is 15.4 Å². The summed E-state index contributed by atoms with van der Waals surface area (Å²) >= 11 is 0. The van der Waals surface area contributed by atoms with Gasteiger partial charge in [0.1, 0.15) is 0 Å². The Morgan fingerprint density at radius 1 is 1.19 bits per heavy atom. The molecule has 1 aromatic carbocycles. The van der Waals surface area contributed by atoms with Gasteiger partial charge in [-0.2, -0.15) is 5.10 Å². The summed E-state index contributed by atoms with van der Waals surface area (Å²) in [5.74, 6) is -0.547. The zero-order chi connectivity index (χ0) is 14.8. The highest BCUT2D eigenvalue weighted by molar-refractivity contribution is 6.04. The van der Waals surface area contributed by atoms with E-state index < -0.39 is 5.91 Å². The van der Waals surface area contributed by atoms with Crippen LogP contribution in [0.1, 0.15) is 10.5 Å². The highest BCUT2D eigenvalue weighted by atomic mass is 16.2. The van der Waals surface area contributed by atoms with Gasteiger partial charge in [0, 0.05) is 18.6 Å². The molecule has 1 amide bonds. The van der Waals surface area contributed by atoms with Crippen molar-refractivity contribution in [2.75, 3.05) is 5.32 Å². The van der Waals surface area contributed by atoms with Crippen molar-refractivity contribution < 1.29 is 4.79 Å². The van der Waals surface area contributed by atoms with Gasteiger partial charge in [-0.1, -0.05) is 12.1 Å². The SMILES string of the molecule is Cn1nc(C(=O)Nc2cccnc2)c(=O)c2ccccc21. The largest absolute Gasteiger partial charge is 0.319 e. The zero-order valence-corrected chi connectivity index (χ0v) is 11.3. The number of para-hydroxylation sites is 1. The topological polar surface area (TPSA) is 76.9 Å². The number of pyridine rings is 1. The molecule has 0 fully saturated rings. The molecule has 6 nitrogen and oxygen atoms in total. The summed E-state index contributed by atoms with van der Waals surface area (Å²) in [4.78, 5) is 28.5. The lowest BCUT2D eigenvalue weighted by molar-refractivity contribution is 0.101. The molecule has 0 spiro atoms. The summed E-state index contributed by atoms with van der Waals surface area (Å²) < 4.78 is 1.52. The van der Waals surface area contributed by atoms with Crippen LogP contribution in [0.25, 0.3) is 10.9 Å². The second-order valence-corrected chi connectivity index (χ2v) is 4.51. The van der Waals surface area contributed by atoms with Crippen molar-refractivity contribution in [3.8, 4) is 0 Å². The second kappa shape index (κ2) is 5.16. The Morgan fingerprint density at radius 2 is 2.00 bits per heavy atom. The molecule has 0 aliphatic rings. The second-order valence-electron chi connectivity index (χ2n) is 4.51. The highest BCUT2D eigenvalue weighted by Gasteiger charge is 2.16. The lowest BCUT2D eigenvalue weighted by Crippen LogP contribution is -2.26. The van der Waals surface area contributed by atoms with Crippen molar-refractivity contribution in [2.24, 2.45) is 7.05 Å². The van der Waals surface area contributed by atoms with Crippen LogP contribution in [0.2, 0.25) is 0 Å². The third-order valence-corrected chi connectivity index (χ3v) is 3.10. The van der Waals surface area contributed by atoms with Gasteiger partial charge in [0.2, 0.25) is 5.43 Å². The first-order valence-electron chi connectivity index (χ1n) is 6.34. The third-order valence-electron chi connectivity index (χ3n) is 3.10. The van der Waals surface area contributed by atoms with Gasteiger partial charge in [0.25, 0.3) is 5.91 Å².